The van der Waals surface area contributed by atoms with E-state index < -0.39 is 0 Å². The molecule has 0 aliphatic heterocycles. The molecule has 0 fully saturated rings. The standard InChI is InChI=1S/C15H14BrClFNO2/c1-20-14-5-9(11(16)7-15(14)21-2)8-19-13-6-10(18)3-4-12(13)17/h3-7,19H,8H2,1-2H3. The molecule has 2 aromatic rings. The lowest BCUT2D eigenvalue weighted by Gasteiger charge is -2.13. The van der Waals surface area contributed by atoms with Gasteiger partial charge in [0.25, 0.3) is 0 Å². The highest BCUT2D eigenvalue weighted by molar-refractivity contribution is 9.10. The molecule has 1 N–H and O–H groups in total. The van der Waals surface area contributed by atoms with Gasteiger partial charge in [-0.25, -0.2) is 4.39 Å². The van der Waals surface area contributed by atoms with Crippen molar-refractivity contribution in [3.05, 3.63) is 51.2 Å². The number of anilines is 1. The van der Waals surface area contributed by atoms with Gasteiger partial charge in [0.15, 0.2) is 11.5 Å². The maximum absolute atomic E-state index is 13.2. The summed E-state index contributed by atoms with van der Waals surface area (Å²) in [6, 6.07) is 7.87. The topological polar surface area (TPSA) is 30.5 Å². The second kappa shape index (κ2) is 7.00. The molecule has 0 saturated carbocycles. The summed E-state index contributed by atoms with van der Waals surface area (Å²) in [6.45, 7) is 0.462. The summed E-state index contributed by atoms with van der Waals surface area (Å²) in [6.07, 6.45) is 0. The van der Waals surface area contributed by atoms with E-state index >= 15 is 0 Å². The molecule has 0 aliphatic rings. The van der Waals surface area contributed by atoms with Crippen LogP contribution in [-0.4, -0.2) is 14.2 Å². The monoisotopic (exact) mass is 373 g/mol. The van der Waals surface area contributed by atoms with E-state index in [-0.39, 0.29) is 5.82 Å². The van der Waals surface area contributed by atoms with Crippen molar-refractivity contribution in [2.75, 3.05) is 19.5 Å². The van der Waals surface area contributed by atoms with Crippen LogP contribution in [0.2, 0.25) is 5.02 Å². The molecule has 2 aromatic carbocycles. The minimum absolute atomic E-state index is 0.340. The molecule has 0 saturated heterocycles. The average Bonchev–Trinajstić information content (AvgIpc) is 2.48. The molecule has 0 amide bonds. The Hall–Kier alpha value is -1.46. The number of hydrogen-bond donors (Lipinski definition) is 1. The van der Waals surface area contributed by atoms with E-state index in [1.54, 1.807) is 14.2 Å². The molecular formula is C15H14BrClFNO2. The van der Waals surface area contributed by atoms with Gasteiger partial charge in [-0.15, -0.1) is 0 Å². The summed E-state index contributed by atoms with van der Waals surface area (Å²) in [4.78, 5) is 0. The number of methoxy groups -OCH3 is 2. The Bertz CT molecular complexity index is 652. The Morgan fingerprint density at radius 3 is 2.48 bits per heavy atom. The molecule has 0 unspecified atom stereocenters. The van der Waals surface area contributed by atoms with E-state index in [9.17, 15) is 4.39 Å². The first kappa shape index (κ1) is 15.9. The van der Waals surface area contributed by atoms with Crippen LogP contribution in [0.1, 0.15) is 5.56 Å². The fourth-order valence-electron chi connectivity index (χ4n) is 1.86. The third-order valence-electron chi connectivity index (χ3n) is 2.95. The third kappa shape index (κ3) is 3.80. The van der Waals surface area contributed by atoms with Gasteiger partial charge < -0.3 is 14.8 Å². The summed E-state index contributed by atoms with van der Waals surface area (Å²) in [5, 5.41) is 3.57. The third-order valence-corrected chi connectivity index (χ3v) is 4.02. The molecule has 21 heavy (non-hydrogen) atoms. The van der Waals surface area contributed by atoms with Crippen LogP contribution in [0, 0.1) is 5.82 Å². The SMILES string of the molecule is COc1cc(Br)c(CNc2cc(F)ccc2Cl)cc1OC. The summed E-state index contributed by atoms with van der Waals surface area (Å²) in [5.41, 5.74) is 1.48. The van der Waals surface area contributed by atoms with E-state index in [0.29, 0.717) is 28.8 Å². The second-order valence-electron chi connectivity index (χ2n) is 4.28. The zero-order chi connectivity index (χ0) is 15.4. The van der Waals surface area contributed by atoms with Gasteiger partial charge in [-0.1, -0.05) is 27.5 Å². The number of benzene rings is 2. The fourth-order valence-corrected chi connectivity index (χ4v) is 2.50. The minimum atomic E-state index is -0.340. The first-order valence-corrected chi connectivity index (χ1v) is 7.31. The number of halogens is 3. The van der Waals surface area contributed by atoms with Crippen molar-refractivity contribution in [2.24, 2.45) is 0 Å². The van der Waals surface area contributed by atoms with E-state index in [1.165, 1.54) is 18.2 Å². The molecule has 2 rings (SSSR count). The number of rotatable bonds is 5. The molecule has 3 nitrogen and oxygen atoms in total. The summed E-state index contributed by atoms with van der Waals surface area (Å²) in [5.74, 6) is 0.924. The average molecular weight is 375 g/mol. The van der Waals surface area contributed by atoms with Crippen molar-refractivity contribution in [3.63, 3.8) is 0 Å². The summed E-state index contributed by atoms with van der Waals surface area (Å²) >= 11 is 9.50. The van der Waals surface area contributed by atoms with Gasteiger partial charge in [0.2, 0.25) is 0 Å². The smallest absolute Gasteiger partial charge is 0.161 e. The van der Waals surface area contributed by atoms with Gasteiger partial charge in [-0.2, -0.15) is 0 Å². The molecule has 0 aromatic heterocycles. The first-order valence-electron chi connectivity index (χ1n) is 6.14. The van der Waals surface area contributed by atoms with E-state index in [1.807, 2.05) is 12.1 Å². The zero-order valence-electron chi connectivity index (χ0n) is 11.5. The van der Waals surface area contributed by atoms with Gasteiger partial charge >= 0.3 is 0 Å². The van der Waals surface area contributed by atoms with Gasteiger partial charge in [0.05, 0.1) is 24.9 Å². The van der Waals surface area contributed by atoms with Crippen molar-refractivity contribution in [3.8, 4) is 11.5 Å². The Labute approximate surface area is 136 Å². The second-order valence-corrected chi connectivity index (χ2v) is 5.54. The minimum Gasteiger partial charge on any atom is -0.493 e. The highest BCUT2D eigenvalue weighted by Crippen LogP contribution is 2.34. The van der Waals surface area contributed by atoms with Crippen LogP contribution < -0.4 is 14.8 Å². The fraction of sp³-hybridized carbons (Fsp3) is 0.200. The Kier molecular flexibility index (Phi) is 5.31. The molecule has 0 heterocycles. The molecule has 0 bridgehead atoms. The van der Waals surface area contributed by atoms with Crippen LogP contribution in [0.15, 0.2) is 34.8 Å². The molecule has 112 valence electrons. The summed E-state index contributed by atoms with van der Waals surface area (Å²) in [7, 11) is 3.15. The van der Waals surface area contributed by atoms with Crippen LogP contribution in [-0.2, 0) is 6.54 Å². The largest absolute Gasteiger partial charge is 0.493 e. The van der Waals surface area contributed by atoms with Gasteiger partial charge in [0, 0.05) is 11.0 Å². The number of ether oxygens (including phenoxy) is 2. The van der Waals surface area contributed by atoms with Crippen molar-refractivity contribution in [1.82, 2.24) is 0 Å². The van der Waals surface area contributed by atoms with Crippen molar-refractivity contribution in [1.29, 1.82) is 0 Å². The Morgan fingerprint density at radius 2 is 1.81 bits per heavy atom. The zero-order valence-corrected chi connectivity index (χ0v) is 13.9. The quantitative estimate of drug-likeness (QED) is 0.810. The van der Waals surface area contributed by atoms with E-state index in [2.05, 4.69) is 21.2 Å². The van der Waals surface area contributed by atoms with Crippen LogP contribution in [0.25, 0.3) is 0 Å². The predicted molar refractivity (Wildman–Crippen MR) is 86.0 cm³/mol. The lowest BCUT2D eigenvalue weighted by Crippen LogP contribution is -2.02. The molecular weight excluding hydrogens is 361 g/mol. The molecule has 0 radical (unpaired) electrons. The lowest BCUT2D eigenvalue weighted by atomic mass is 10.2. The van der Waals surface area contributed by atoms with E-state index in [0.717, 1.165) is 10.0 Å². The number of hydrogen-bond acceptors (Lipinski definition) is 3. The van der Waals surface area contributed by atoms with Gasteiger partial charge in [0.1, 0.15) is 5.82 Å². The first-order chi connectivity index (χ1) is 10.0. The maximum Gasteiger partial charge on any atom is 0.161 e. The normalized spacial score (nSPS) is 10.3. The summed E-state index contributed by atoms with van der Waals surface area (Å²) < 4.78 is 24.6. The van der Waals surface area contributed by atoms with Crippen LogP contribution >= 0.6 is 27.5 Å². The van der Waals surface area contributed by atoms with Crippen molar-refractivity contribution >= 4 is 33.2 Å². The van der Waals surface area contributed by atoms with E-state index in [4.69, 9.17) is 21.1 Å². The van der Waals surface area contributed by atoms with Crippen LogP contribution in [0.5, 0.6) is 11.5 Å². The van der Waals surface area contributed by atoms with Crippen LogP contribution in [0.3, 0.4) is 0 Å². The highest BCUT2D eigenvalue weighted by atomic mass is 79.9. The van der Waals surface area contributed by atoms with Gasteiger partial charge in [-0.05, 0) is 35.9 Å². The highest BCUT2D eigenvalue weighted by Gasteiger charge is 2.10. The molecule has 0 atom stereocenters. The maximum atomic E-state index is 13.2. The lowest BCUT2D eigenvalue weighted by molar-refractivity contribution is 0.354. The molecule has 0 aliphatic carbocycles. The molecule has 6 heteroatoms. The number of nitrogens with one attached hydrogen (secondary N) is 1. The Morgan fingerprint density at radius 1 is 1.14 bits per heavy atom. The Balaban J connectivity index is 2.21. The van der Waals surface area contributed by atoms with Crippen molar-refractivity contribution in [2.45, 2.75) is 6.54 Å². The van der Waals surface area contributed by atoms with Crippen molar-refractivity contribution < 1.29 is 13.9 Å². The van der Waals surface area contributed by atoms with Crippen LogP contribution in [0.4, 0.5) is 10.1 Å². The van der Waals surface area contributed by atoms with Gasteiger partial charge in [-0.3, -0.25) is 0 Å². The predicted octanol–water partition coefficient (Wildman–Crippen LogP) is 4.87. The molecule has 0 spiro atoms.